The number of hydrogen-bond donors (Lipinski definition) is 1. The van der Waals surface area contributed by atoms with Crippen LogP contribution in [0.25, 0.3) is 10.4 Å². The van der Waals surface area contributed by atoms with Gasteiger partial charge in [-0.1, -0.05) is 42.9 Å². The van der Waals surface area contributed by atoms with E-state index >= 15 is 0 Å². The van der Waals surface area contributed by atoms with Gasteiger partial charge in [-0.05, 0) is 39.6 Å². The molecule has 8 heteroatoms. The molecule has 0 unspecified atom stereocenters. The minimum Gasteiger partial charge on any atom is -0.459 e. The van der Waals surface area contributed by atoms with Gasteiger partial charge in [0.15, 0.2) is 0 Å². The quantitative estimate of drug-likeness (QED) is 0.193. The summed E-state index contributed by atoms with van der Waals surface area (Å²) in [6.45, 7) is 10.6. The zero-order chi connectivity index (χ0) is 16.2. The van der Waals surface area contributed by atoms with Crippen molar-refractivity contribution in [2.45, 2.75) is 63.9 Å². The second-order valence-electron chi connectivity index (χ2n) is 6.21. The smallest absolute Gasteiger partial charge is 0.322 e. The van der Waals surface area contributed by atoms with Crippen molar-refractivity contribution in [3.8, 4) is 0 Å². The fraction of sp³-hybridized carbons (Fsp3) is 0.833. The standard InChI is InChI=1S/C12H21N3O2S3/c1-10(2,14-15-13)7-11(3,4)17-8(16)12(5,6)20-9(18)19/h7H2,1-6H3,(H,18,19). The molecule has 0 aliphatic heterocycles. The lowest BCUT2D eigenvalue weighted by molar-refractivity contribution is -0.160. The summed E-state index contributed by atoms with van der Waals surface area (Å²) in [5, 5.41) is 3.71. The molecule has 0 aliphatic carbocycles. The first-order valence-corrected chi connectivity index (χ1v) is 7.70. The zero-order valence-electron chi connectivity index (χ0n) is 12.6. The van der Waals surface area contributed by atoms with E-state index in [1.165, 1.54) is 11.8 Å². The molecule has 0 rings (SSSR count). The van der Waals surface area contributed by atoms with Crippen LogP contribution in [0.2, 0.25) is 0 Å². The molecule has 114 valence electrons. The summed E-state index contributed by atoms with van der Waals surface area (Å²) in [4.78, 5) is 15.0. The zero-order valence-corrected chi connectivity index (χ0v) is 15.2. The number of hydrogen-bond acceptors (Lipinski definition) is 5. The Morgan fingerprint density at radius 3 is 2.25 bits per heavy atom. The molecule has 0 atom stereocenters. The average Bonchev–Trinajstić information content (AvgIpc) is 2.11. The Bertz CT molecular complexity index is 441. The van der Waals surface area contributed by atoms with Gasteiger partial charge < -0.3 is 4.74 Å². The van der Waals surface area contributed by atoms with Crippen molar-refractivity contribution in [1.82, 2.24) is 0 Å². The summed E-state index contributed by atoms with van der Waals surface area (Å²) < 4.78 is 5.13. The van der Waals surface area contributed by atoms with E-state index in [0.29, 0.717) is 9.95 Å². The number of thiol groups is 1. The lowest BCUT2D eigenvalue weighted by atomic mass is 9.90. The van der Waals surface area contributed by atoms with Crippen molar-refractivity contribution < 1.29 is 9.53 Å². The monoisotopic (exact) mass is 335 g/mol. The minimum atomic E-state index is -0.807. The second-order valence-corrected chi connectivity index (χ2v) is 9.56. The maximum Gasteiger partial charge on any atom is 0.322 e. The number of rotatable bonds is 6. The van der Waals surface area contributed by atoms with Crippen LogP contribution >= 0.6 is 36.6 Å². The highest BCUT2D eigenvalue weighted by atomic mass is 32.2. The van der Waals surface area contributed by atoms with Gasteiger partial charge in [-0.2, -0.15) is 0 Å². The molecule has 0 bridgehead atoms. The average molecular weight is 336 g/mol. The van der Waals surface area contributed by atoms with Gasteiger partial charge >= 0.3 is 5.97 Å². The molecule has 20 heavy (non-hydrogen) atoms. The van der Waals surface area contributed by atoms with Crippen molar-refractivity contribution >= 4 is 46.1 Å². The van der Waals surface area contributed by atoms with Crippen LogP contribution in [0.3, 0.4) is 0 Å². The van der Waals surface area contributed by atoms with E-state index in [-0.39, 0.29) is 5.97 Å². The predicted octanol–water partition coefficient (Wildman–Crippen LogP) is 4.51. The molecular formula is C12H21N3O2S3. The van der Waals surface area contributed by atoms with Gasteiger partial charge in [0, 0.05) is 10.5 Å². The van der Waals surface area contributed by atoms with E-state index in [4.69, 9.17) is 22.5 Å². The van der Waals surface area contributed by atoms with Gasteiger partial charge in [0.25, 0.3) is 0 Å². The number of azide groups is 1. The molecule has 0 aromatic carbocycles. The highest BCUT2D eigenvalue weighted by molar-refractivity contribution is 8.42. The van der Waals surface area contributed by atoms with Crippen molar-refractivity contribution in [3.05, 3.63) is 10.4 Å². The Morgan fingerprint density at radius 2 is 1.85 bits per heavy atom. The molecule has 0 fully saturated rings. The van der Waals surface area contributed by atoms with Gasteiger partial charge in [-0.3, -0.25) is 4.79 Å². The second kappa shape index (κ2) is 7.02. The maximum absolute atomic E-state index is 12.2. The molecule has 5 nitrogen and oxygen atoms in total. The molecule has 0 radical (unpaired) electrons. The first-order chi connectivity index (χ1) is 8.81. The third kappa shape index (κ3) is 7.38. The maximum atomic E-state index is 12.2. The molecule has 0 aromatic rings. The van der Waals surface area contributed by atoms with Gasteiger partial charge in [-0.25, -0.2) is 0 Å². The summed E-state index contributed by atoms with van der Waals surface area (Å²) in [5.41, 5.74) is 7.16. The summed E-state index contributed by atoms with van der Waals surface area (Å²) in [7, 11) is 0. The fourth-order valence-corrected chi connectivity index (χ4v) is 3.74. The predicted molar refractivity (Wildman–Crippen MR) is 91.3 cm³/mol. The molecule has 0 spiro atoms. The Hall–Kier alpha value is -0.430. The molecular weight excluding hydrogens is 314 g/mol. The first-order valence-electron chi connectivity index (χ1n) is 6.03. The number of carbonyl (C=O) groups is 1. The van der Waals surface area contributed by atoms with Crippen LogP contribution in [0.1, 0.15) is 48.0 Å². The van der Waals surface area contributed by atoms with Crippen molar-refractivity contribution in [2.24, 2.45) is 5.11 Å². The molecule has 0 amide bonds. The van der Waals surface area contributed by atoms with Crippen molar-refractivity contribution in [3.63, 3.8) is 0 Å². The number of esters is 1. The van der Waals surface area contributed by atoms with Crippen LogP contribution in [0, 0.1) is 0 Å². The Balaban J connectivity index is 4.88. The van der Waals surface area contributed by atoms with Crippen LogP contribution in [0.4, 0.5) is 0 Å². The van der Waals surface area contributed by atoms with E-state index < -0.39 is 15.9 Å². The fourth-order valence-electron chi connectivity index (χ4n) is 1.87. The Morgan fingerprint density at radius 1 is 1.35 bits per heavy atom. The number of thiocarbonyl (C=S) groups is 1. The number of thioether (sulfide) groups is 1. The lowest BCUT2D eigenvalue weighted by Crippen LogP contribution is -2.41. The van der Waals surface area contributed by atoms with E-state index in [9.17, 15) is 4.79 Å². The van der Waals surface area contributed by atoms with E-state index in [1.807, 2.05) is 0 Å². The lowest BCUT2D eigenvalue weighted by Gasteiger charge is -2.34. The number of nitrogens with zero attached hydrogens (tertiary/aromatic N) is 3. The normalized spacial score (nSPS) is 12.6. The van der Waals surface area contributed by atoms with Crippen LogP contribution in [0.15, 0.2) is 5.11 Å². The van der Waals surface area contributed by atoms with Gasteiger partial charge in [-0.15, -0.1) is 12.6 Å². The van der Waals surface area contributed by atoms with Gasteiger partial charge in [0.2, 0.25) is 0 Å². The van der Waals surface area contributed by atoms with Crippen LogP contribution in [-0.2, 0) is 9.53 Å². The van der Waals surface area contributed by atoms with E-state index in [1.54, 1.807) is 41.5 Å². The van der Waals surface area contributed by atoms with Crippen molar-refractivity contribution in [1.29, 1.82) is 0 Å². The van der Waals surface area contributed by atoms with E-state index in [2.05, 4.69) is 22.7 Å². The van der Waals surface area contributed by atoms with Gasteiger partial charge in [0.1, 0.15) is 13.9 Å². The van der Waals surface area contributed by atoms with Crippen LogP contribution < -0.4 is 0 Å². The molecule has 0 saturated heterocycles. The highest BCUT2D eigenvalue weighted by Crippen LogP contribution is 2.33. The number of carbonyl (C=O) groups excluding carboxylic acids is 1. The van der Waals surface area contributed by atoms with Crippen LogP contribution in [0.5, 0.6) is 0 Å². The summed E-state index contributed by atoms with van der Waals surface area (Å²) in [5.74, 6) is -0.374. The largest absolute Gasteiger partial charge is 0.459 e. The third-order valence-corrected chi connectivity index (χ3v) is 3.75. The SMILES string of the molecule is CC(C)(CC(C)(C)OC(=O)C(C)(C)SC(=S)S)N=[N+]=[N-]. The molecule has 0 heterocycles. The topological polar surface area (TPSA) is 75.1 Å². The molecule has 0 saturated carbocycles. The summed E-state index contributed by atoms with van der Waals surface area (Å²) >= 11 is 10.1. The summed E-state index contributed by atoms with van der Waals surface area (Å²) in [6, 6.07) is 0. The summed E-state index contributed by atoms with van der Waals surface area (Å²) in [6.07, 6.45) is 0.419. The van der Waals surface area contributed by atoms with Crippen LogP contribution in [-0.4, -0.2) is 25.4 Å². The minimum absolute atomic E-state index is 0.374. The molecule has 0 N–H and O–H groups in total. The Kier molecular flexibility index (Phi) is 6.87. The third-order valence-electron chi connectivity index (χ3n) is 2.38. The number of ether oxygens (including phenoxy) is 1. The van der Waals surface area contributed by atoms with Gasteiger partial charge in [0.05, 0.1) is 0 Å². The van der Waals surface area contributed by atoms with E-state index in [0.717, 1.165) is 0 Å². The highest BCUT2D eigenvalue weighted by Gasteiger charge is 2.37. The molecule has 0 aromatic heterocycles. The first kappa shape index (κ1) is 19.6. The van der Waals surface area contributed by atoms with Crippen molar-refractivity contribution in [2.75, 3.05) is 0 Å². The molecule has 0 aliphatic rings. The Labute approximate surface area is 135 Å².